The molecule has 2 aromatic carbocycles. The van der Waals surface area contributed by atoms with E-state index < -0.39 is 0 Å². The lowest BCUT2D eigenvalue weighted by atomic mass is 10.1. The van der Waals surface area contributed by atoms with Gasteiger partial charge in [-0.25, -0.2) is 4.68 Å². The molecular weight excluding hydrogens is 260 g/mol. The van der Waals surface area contributed by atoms with E-state index in [1.165, 1.54) is 5.56 Å². The Morgan fingerprint density at radius 2 is 1.52 bits per heavy atom. The molecule has 21 heavy (non-hydrogen) atoms. The van der Waals surface area contributed by atoms with Gasteiger partial charge in [0.2, 0.25) is 0 Å². The molecule has 3 rings (SSSR count). The van der Waals surface area contributed by atoms with Crippen LogP contribution in [-0.4, -0.2) is 9.78 Å². The number of aromatic amines is 1. The lowest BCUT2D eigenvalue weighted by Crippen LogP contribution is -2.17. The van der Waals surface area contributed by atoms with Crippen LogP contribution in [0.1, 0.15) is 16.8 Å². The summed E-state index contributed by atoms with van der Waals surface area (Å²) in [4.78, 5) is 12.5. The highest BCUT2D eigenvalue weighted by Crippen LogP contribution is 2.10. The molecule has 1 N–H and O–H groups in total. The molecule has 1 aromatic heterocycles. The monoisotopic (exact) mass is 278 g/mol. The van der Waals surface area contributed by atoms with Crippen LogP contribution in [0.15, 0.2) is 65.5 Å². The third-order valence-corrected chi connectivity index (χ3v) is 3.71. The van der Waals surface area contributed by atoms with Crippen molar-refractivity contribution in [2.75, 3.05) is 0 Å². The van der Waals surface area contributed by atoms with E-state index in [2.05, 4.69) is 17.2 Å². The van der Waals surface area contributed by atoms with Crippen molar-refractivity contribution in [3.05, 3.63) is 87.8 Å². The van der Waals surface area contributed by atoms with Crippen LogP contribution in [0.4, 0.5) is 0 Å². The molecule has 0 aliphatic heterocycles. The second-order valence-electron chi connectivity index (χ2n) is 5.18. The van der Waals surface area contributed by atoms with Crippen molar-refractivity contribution < 1.29 is 0 Å². The van der Waals surface area contributed by atoms with Crippen LogP contribution < -0.4 is 5.56 Å². The highest BCUT2D eigenvalue weighted by atomic mass is 16.1. The smallest absolute Gasteiger partial charge is 0.274 e. The van der Waals surface area contributed by atoms with Crippen molar-refractivity contribution in [1.29, 1.82) is 0 Å². The predicted octanol–water partition coefficient (Wildman–Crippen LogP) is 3.26. The summed E-state index contributed by atoms with van der Waals surface area (Å²) in [6.07, 6.45) is 1.63. The van der Waals surface area contributed by atoms with E-state index >= 15 is 0 Å². The van der Waals surface area contributed by atoms with Crippen molar-refractivity contribution in [3.63, 3.8) is 0 Å². The fraction of sp³-hybridized carbons (Fsp3) is 0.167. The Balaban J connectivity index is 1.87. The zero-order valence-corrected chi connectivity index (χ0v) is 12.0. The van der Waals surface area contributed by atoms with Crippen LogP contribution in [0.2, 0.25) is 0 Å². The van der Waals surface area contributed by atoms with Crippen LogP contribution in [0.3, 0.4) is 0 Å². The molecule has 0 aliphatic carbocycles. The fourth-order valence-electron chi connectivity index (χ4n) is 2.55. The number of rotatable bonds is 4. The topological polar surface area (TPSA) is 37.8 Å². The van der Waals surface area contributed by atoms with Crippen LogP contribution in [0, 0.1) is 6.92 Å². The van der Waals surface area contributed by atoms with Gasteiger partial charge < -0.3 is 0 Å². The van der Waals surface area contributed by atoms with Gasteiger partial charge in [-0.1, -0.05) is 48.5 Å². The van der Waals surface area contributed by atoms with Gasteiger partial charge in [0.25, 0.3) is 5.56 Å². The van der Waals surface area contributed by atoms with E-state index in [0.29, 0.717) is 0 Å². The van der Waals surface area contributed by atoms with Crippen LogP contribution in [-0.2, 0) is 12.8 Å². The predicted molar refractivity (Wildman–Crippen MR) is 85.0 cm³/mol. The first-order valence-electron chi connectivity index (χ1n) is 7.15. The standard InChI is InChI=1S/C18H18N2O/c1-14-17(13-12-15-8-4-2-5-9-15)18(21)20(19-14)16-10-6-3-7-11-16/h2-11,19H,12-13H2,1H3. The van der Waals surface area contributed by atoms with E-state index in [4.69, 9.17) is 0 Å². The van der Waals surface area contributed by atoms with E-state index in [9.17, 15) is 4.79 Å². The number of hydrogen-bond acceptors (Lipinski definition) is 1. The molecule has 3 heteroatoms. The van der Waals surface area contributed by atoms with Crippen LogP contribution >= 0.6 is 0 Å². The first-order valence-corrected chi connectivity index (χ1v) is 7.15. The normalized spacial score (nSPS) is 10.7. The highest BCUT2D eigenvalue weighted by molar-refractivity contribution is 5.33. The summed E-state index contributed by atoms with van der Waals surface area (Å²) in [7, 11) is 0. The van der Waals surface area contributed by atoms with Gasteiger partial charge in [0.1, 0.15) is 0 Å². The lowest BCUT2D eigenvalue weighted by molar-refractivity contribution is 0.833. The Bertz CT molecular complexity index is 770. The van der Waals surface area contributed by atoms with Crippen molar-refractivity contribution in [3.8, 4) is 5.69 Å². The minimum atomic E-state index is 0.0506. The Morgan fingerprint density at radius 3 is 2.19 bits per heavy atom. The van der Waals surface area contributed by atoms with E-state index in [0.717, 1.165) is 29.8 Å². The summed E-state index contributed by atoms with van der Waals surface area (Å²) < 4.78 is 1.62. The number of nitrogens with one attached hydrogen (secondary N) is 1. The third kappa shape index (κ3) is 2.82. The maximum Gasteiger partial charge on any atom is 0.274 e. The maximum absolute atomic E-state index is 12.5. The van der Waals surface area contributed by atoms with E-state index in [-0.39, 0.29) is 5.56 Å². The summed E-state index contributed by atoms with van der Waals surface area (Å²) in [6, 6.07) is 19.9. The lowest BCUT2D eigenvalue weighted by Gasteiger charge is -2.00. The van der Waals surface area contributed by atoms with Gasteiger partial charge in [-0.15, -0.1) is 0 Å². The highest BCUT2D eigenvalue weighted by Gasteiger charge is 2.11. The number of para-hydroxylation sites is 1. The van der Waals surface area contributed by atoms with E-state index in [1.807, 2.05) is 55.5 Å². The number of aromatic nitrogens is 2. The molecule has 1 heterocycles. The molecule has 0 aliphatic rings. The maximum atomic E-state index is 12.5. The molecule has 0 radical (unpaired) electrons. The second-order valence-corrected chi connectivity index (χ2v) is 5.18. The minimum Gasteiger partial charge on any atom is -0.295 e. The molecule has 0 atom stereocenters. The van der Waals surface area contributed by atoms with Crippen LogP contribution in [0.5, 0.6) is 0 Å². The molecule has 0 amide bonds. The first kappa shape index (κ1) is 13.4. The summed E-state index contributed by atoms with van der Waals surface area (Å²) >= 11 is 0. The zero-order chi connectivity index (χ0) is 14.7. The number of benzene rings is 2. The second kappa shape index (κ2) is 5.83. The summed E-state index contributed by atoms with van der Waals surface area (Å²) in [6.45, 7) is 1.96. The largest absolute Gasteiger partial charge is 0.295 e. The molecule has 0 spiro atoms. The average molecular weight is 278 g/mol. The van der Waals surface area contributed by atoms with Crippen molar-refractivity contribution in [2.45, 2.75) is 19.8 Å². The summed E-state index contributed by atoms with van der Waals surface area (Å²) in [5, 5.41) is 3.17. The molecule has 0 fully saturated rings. The Labute approximate surface area is 123 Å². The number of nitrogens with zero attached hydrogens (tertiary/aromatic N) is 1. The Kier molecular flexibility index (Phi) is 3.73. The van der Waals surface area contributed by atoms with Gasteiger partial charge in [0.15, 0.2) is 0 Å². The summed E-state index contributed by atoms with van der Waals surface area (Å²) in [5.74, 6) is 0. The van der Waals surface area contributed by atoms with Crippen molar-refractivity contribution >= 4 is 0 Å². The molecule has 0 unspecified atom stereocenters. The molecule has 106 valence electrons. The van der Waals surface area contributed by atoms with Gasteiger partial charge in [-0.3, -0.25) is 9.89 Å². The molecule has 3 nitrogen and oxygen atoms in total. The number of aryl methyl sites for hydroxylation is 2. The third-order valence-electron chi connectivity index (χ3n) is 3.71. The van der Waals surface area contributed by atoms with Crippen LogP contribution in [0.25, 0.3) is 5.69 Å². The minimum absolute atomic E-state index is 0.0506. The number of H-pyrrole nitrogens is 1. The van der Waals surface area contributed by atoms with Crippen molar-refractivity contribution in [1.82, 2.24) is 9.78 Å². The summed E-state index contributed by atoms with van der Waals surface area (Å²) in [5.41, 5.74) is 3.98. The SMILES string of the molecule is Cc1[nH]n(-c2ccccc2)c(=O)c1CCc1ccccc1. The molecular formula is C18H18N2O. The average Bonchev–Trinajstić information content (AvgIpc) is 2.82. The van der Waals surface area contributed by atoms with Gasteiger partial charge in [0.05, 0.1) is 5.69 Å². The molecule has 3 aromatic rings. The van der Waals surface area contributed by atoms with E-state index in [1.54, 1.807) is 4.68 Å². The van der Waals surface area contributed by atoms with Gasteiger partial charge in [0, 0.05) is 11.3 Å². The Morgan fingerprint density at radius 1 is 0.905 bits per heavy atom. The fourth-order valence-corrected chi connectivity index (χ4v) is 2.55. The van der Waals surface area contributed by atoms with Gasteiger partial charge in [-0.2, -0.15) is 0 Å². The number of hydrogen-bond donors (Lipinski definition) is 1. The molecule has 0 saturated carbocycles. The van der Waals surface area contributed by atoms with Crippen molar-refractivity contribution in [2.24, 2.45) is 0 Å². The van der Waals surface area contributed by atoms with Gasteiger partial charge >= 0.3 is 0 Å². The zero-order valence-electron chi connectivity index (χ0n) is 12.0. The molecule has 0 bridgehead atoms. The molecule has 0 saturated heterocycles. The van der Waals surface area contributed by atoms with Gasteiger partial charge in [-0.05, 0) is 37.5 Å². The first-order chi connectivity index (χ1) is 10.3. The quantitative estimate of drug-likeness (QED) is 0.781. The Hall–Kier alpha value is -2.55.